The Morgan fingerprint density at radius 3 is 2.52 bits per heavy atom. The van der Waals surface area contributed by atoms with Gasteiger partial charge in [0.1, 0.15) is 6.04 Å². The third-order valence-electron chi connectivity index (χ3n) is 2.70. The van der Waals surface area contributed by atoms with Gasteiger partial charge in [0, 0.05) is 0 Å². The average Bonchev–Trinajstić information content (AvgIpc) is 2.41. The fraction of sp³-hybridized carbons (Fsp3) is 0.429. The van der Waals surface area contributed by atoms with Crippen molar-refractivity contribution in [2.24, 2.45) is 5.92 Å². The Kier molecular flexibility index (Phi) is 6.78. The molecule has 0 bridgehead atoms. The molecule has 2 amide bonds. The van der Waals surface area contributed by atoms with Gasteiger partial charge in [0.2, 0.25) is 0 Å². The summed E-state index contributed by atoms with van der Waals surface area (Å²) in [4.78, 5) is 23.6. The van der Waals surface area contributed by atoms with E-state index < -0.39 is 18.0 Å². The molecule has 5 nitrogen and oxygen atoms in total. The van der Waals surface area contributed by atoms with E-state index in [1.54, 1.807) is 18.2 Å². The maximum atomic E-state index is 12.0. The monoisotopic (exact) mass is 332 g/mol. The molecule has 1 aromatic rings. The highest BCUT2D eigenvalue weighted by Crippen LogP contribution is 2.29. The molecule has 1 aromatic carbocycles. The second-order valence-corrected chi connectivity index (χ2v) is 5.69. The van der Waals surface area contributed by atoms with Crippen LogP contribution in [0.25, 0.3) is 0 Å². The van der Waals surface area contributed by atoms with E-state index in [1.807, 2.05) is 13.8 Å². The highest BCUT2D eigenvalue weighted by molar-refractivity contribution is 6.43. The quantitative estimate of drug-likeness (QED) is 0.808. The molecule has 0 aliphatic rings. The van der Waals surface area contributed by atoms with Gasteiger partial charge >= 0.3 is 12.0 Å². The minimum Gasteiger partial charge on any atom is -0.467 e. The van der Waals surface area contributed by atoms with Crippen LogP contribution in [0.5, 0.6) is 0 Å². The van der Waals surface area contributed by atoms with Crippen LogP contribution in [0.1, 0.15) is 20.3 Å². The first-order chi connectivity index (χ1) is 9.85. The van der Waals surface area contributed by atoms with E-state index in [-0.39, 0.29) is 10.9 Å². The first-order valence-corrected chi connectivity index (χ1v) is 7.20. The number of hydrogen-bond acceptors (Lipinski definition) is 3. The normalized spacial score (nSPS) is 11.9. The molecule has 0 spiro atoms. The van der Waals surface area contributed by atoms with Gasteiger partial charge in [0.05, 0.1) is 22.8 Å². The summed E-state index contributed by atoms with van der Waals surface area (Å²) < 4.78 is 4.68. The predicted octanol–water partition coefficient (Wildman–Crippen LogP) is 3.70. The second kappa shape index (κ2) is 8.10. The number of halogens is 2. The van der Waals surface area contributed by atoms with Crippen LogP contribution in [-0.4, -0.2) is 25.2 Å². The van der Waals surface area contributed by atoms with Crippen molar-refractivity contribution in [1.29, 1.82) is 0 Å². The Hall–Kier alpha value is -1.46. The molecular weight excluding hydrogens is 315 g/mol. The summed E-state index contributed by atoms with van der Waals surface area (Å²) in [5.74, 6) is -0.264. The van der Waals surface area contributed by atoms with Crippen LogP contribution in [0.4, 0.5) is 10.5 Å². The lowest BCUT2D eigenvalue weighted by atomic mass is 10.0. The summed E-state index contributed by atoms with van der Waals surface area (Å²) in [7, 11) is 1.28. The van der Waals surface area contributed by atoms with Crippen LogP contribution in [0.3, 0.4) is 0 Å². The molecule has 2 N–H and O–H groups in total. The van der Waals surface area contributed by atoms with Gasteiger partial charge in [-0.2, -0.15) is 0 Å². The first-order valence-electron chi connectivity index (χ1n) is 6.44. The van der Waals surface area contributed by atoms with Crippen molar-refractivity contribution in [3.63, 3.8) is 0 Å². The minimum absolute atomic E-state index is 0.226. The number of amides is 2. The summed E-state index contributed by atoms with van der Waals surface area (Å²) >= 11 is 11.8. The third-order valence-corrected chi connectivity index (χ3v) is 3.52. The Balaban J connectivity index is 2.73. The van der Waals surface area contributed by atoms with Gasteiger partial charge in [0.25, 0.3) is 0 Å². The summed E-state index contributed by atoms with van der Waals surface area (Å²) in [5, 5.41) is 5.71. The van der Waals surface area contributed by atoms with E-state index in [0.29, 0.717) is 17.1 Å². The van der Waals surface area contributed by atoms with Crippen molar-refractivity contribution in [2.75, 3.05) is 12.4 Å². The van der Waals surface area contributed by atoms with Gasteiger partial charge in [-0.1, -0.05) is 43.1 Å². The molecule has 0 heterocycles. The standard InChI is InChI=1S/C14H18Cl2N2O3/c1-8(2)7-11(13(19)21-3)18-14(20)17-10-6-4-5-9(15)12(10)16/h4-6,8,11H,7H2,1-3H3,(H2,17,18,20). The SMILES string of the molecule is COC(=O)C(CC(C)C)NC(=O)Nc1cccc(Cl)c1Cl. The highest BCUT2D eigenvalue weighted by Gasteiger charge is 2.22. The Bertz CT molecular complexity index is 521. The van der Waals surface area contributed by atoms with E-state index >= 15 is 0 Å². The maximum Gasteiger partial charge on any atom is 0.328 e. The van der Waals surface area contributed by atoms with Crippen molar-refractivity contribution < 1.29 is 14.3 Å². The fourth-order valence-corrected chi connectivity index (χ4v) is 2.09. The second-order valence-electron chi connectivity index (χ2n) is 4.91. The lowest BCUT2D eigenvalue weighted by molar-refractivity contribution is -0.143. The zero-order chi connectivity index (χ0) is 16.0. The van der Waals surface area contributed by atoms with E-state index in [4.69, 9.17) is 23.2 Å². The number of carbonyl (C=O) groups is 2. The number of rotatable bonds is 5. The van der Waals surface area contributed by atoms with Crippen molar-refractivity contribution >= 4 is 40.9 Å². The lowest BCUT2D eigenvalue weighted by Crippen LogP contribution is -2.44. The van der Waals surface area contributed by atoms with E-state index in [0.717, 1.165) is 0 Å². The number of anilines is 1. The summed E-state index contributed by atoms with van der Waals surface area (Å²) in [6.07, 6.45) is 0.476. The van der Waals surface area contributed by atoms with E-state index in [9.17, 15) is 9.59 Å². The number of ether oxygens (including phenoxy) is 1. The molecule has 7 heteroatoms. The van der Waals surface area contributed by atoms with Gasteiger partial charge in [-0.25, -0.2) is 9.59 Å². The minimum atomic E-state index is -0.715. The highest BCUT2D eigenvalue weighted by atomic mass is 35.5. The molecule has 21 heavy (non-hydrogen) atoms. The zero-order valence-electron chi connectivity index (χ0n) is 12.1. The van der Waals surface area contributed by atoms with Crippen LogP contribution in [0, 0.1) is 5.92 Å². The van der Waals surface area contributed by atoms with Crippen LogP contribution in [-0.2, 0) is 9.53 Å². The average molecular weight is 333 g/mol. The molecule has 1 rings (SSSR count). The zero-order valence-corrected chi connectivity index (χ0v) is 13.6. The summed E-state index contributed by atoms with van der Waals surface area (Å²) in [5.41, 5.74) is 0.370. The third kappa shape index (κ3) is 5.44. The first kappa shape index (κ1) is 17.6. The van der Waals surface area contributed by atoms with Gasteiger partial charge in [0.15, 0.2) is 0 Å². The lowest BCUT2D eigenvalue weighted by Gasteiger charge is -2.19. The number of nitrogens with one attached hydrogen (secondary N) is 2. The summed E-state index contributed by atoms with van der Waals surface area (Å²) in [6.45, 7) is 3.90. The van der Waals surface area contributed by atoms with Crippen molar-refractivity contribution in [1.82, 2.24) is 5.32 Å². The van der Waals surface area contributed by atoms with Crippen LogP contribution < -0.4 is 10.6 Å². The van der Waals surface area contributed by atoms with Gasteiger partial charge in [-0.3, -0.25) is 0 Å². The number of benzene rings is 1. The topological polar surface area (TPSA) is 67.4 Å². The number of esters is 1. The Morgan fingerprint density at radius 1 is 1.29 bits per heavy atom. The maximum absolute atomic E-state index is 12.0. The molecule has 0 aliphatic carbocycles. The number of carbonyl (C=O) groups excluding carboxylic acids is 2. The molecule has 0 fully saturated rings. The van der Waals surface area contributed by atoms with Crippen LogP contribution >= 0.6 is 23.2 Å². The summed E-state index contributed by atoms with van der Waals surface area (Å²) in [6, 6.07) is 3.63. The van der Waals surface area contributed by atoms with Gasteiger partial charge in [-0.05, 0) is 24.5 Å². The Morgan fingerprint density at radius 2 is 1.95 bits per heavy atom. The van der Waals surface area contributed by atoms with Gasteiger partial charge < -0.3 is 15.4 Å². The molecule has 0 saturated carbocycles. The number of urea groups is 1. The smallest absolute Gasteiger partial charge is 0.328 e. The number of methoxy groups -OCH3 is 1. The molecule has 0 radical (unpaired) electrons. The fourth-order valence-electron chi connectivity index (χ4n) is 1.74. The molecule has 1 unspecified atom stereocenters. The molecule has 0 saturated heterocycles. The molecule has 0 aliphatic heterocycles. The van der Waals surface area contributed by atoms with Crippen LogP contribution in [0.15, 0.2) is 18.2 Å². The number of hydrogen-bond donors (Lipinski definition) is 2. The van der Waals surface area contributed by atoms with E-state index in [2.05, 4.69) is 15.4 Å². The largest absolute Gasteiger partial charge is 0.467 e. The van der Waals surface area contributed by atoms with E-state index in [1.165, 1.54) is 7.11 Å². The Labute approximate surface area is 133 Å². The van der Waals surface area contributed by atoms with Crippen LogP contribution in [0.2, 0.25) is 10.0 Å². The van der Waals surface area contributed by atoms with Crippen molar-refractivity contribution in [3.8, 4) is 0 Å². The van der Waals surface area contributed by atoms with Crippen molar-refractivity contribution in [2.45, 2.75) is 26.3 Å². The molecule has 1 atom stereocenters. The molecule has 116 valence electrons. The predicted molar refractivity (Wildman–Crippen MR) is 83.9 cm³/mol. The molecule has 0 aromatic heterocycles. The van der Waals surface area contributed by atoms with Gasteiger partial charge in [-0.15, -0.1) is 0 Å². The molecular formula is C14H18Cl2N2O3. The van der Waals surface area contributed by atoms with Crippen molar-refractivity contribution in [3.05, 3.63) is 28.2 Å².